The molecule has 0 aliphatic carbocycles. The number of carboxylic acids is 2. The summed E-state index contributed by atoms with van der Waals surface area (Å²) >= 11 is 0. The molecular weight excluding hydrogens is 176 g/mol. The number of rotatable bonds is 5. The molecule has 0 unspecified atom stereocenters. The third-order valence-corrected chi connectivity index (χ3v) is 0.868. The van der Waals surface area contributed by atoms with E-state index in [1.807, 2.05) is 0 Å². The fourth-order valence-corrected chi connectivity index (χ4v) is 0.354. The Balaban J connectivity index is 0. The van der Waals surface area contributed by atoms with Crippen LogP contribution in [-0.4, -0.2) is 33.9 Å². The van der Waals surface area contributed by atoms with Gasteiger partial charge in [-0.25, -0.2) is 0 Å². The van der Waals surface area contributed by atoms with Crippen LogP contribution < -0.4 is 0 Å². The van der Waals surface area contributed by atoms with Crippen LogP contribution in [-0.2, 0) is 9.59 Å². The Morgan fingerprint density at radius 2 is 1.77 bits per heavy atom. The lowest BCUT2D eigenvalue weighted by Gasteiger charge is -1.85. The van der Waals surface area contributed by atoms with Gasteiger partial charge in [0.05, 0.1) is 6.42 Å². The number of carboxylic acid groups (broad SMARTS) is 2. The standard InChI is InChI=1S/C4H8O3.C4H6O2/c5-3-1-2-4(6)7;1-2-3-4(5)6/h5H,1-3H2,(H,6,7);2H,1,3H2,(H,5,6). The maximum absolute atomic E-state index is 9.65. The Labute approximate surface area is 76.3 Å². The first-order valence-electron chi connectivity index (χ1n) is 3.70. The number of carbonyl (C=O) groups is 2. The van der Waals surface area contributed by atoms with Gasteiger partial charge >= 0.3 is 11.9 Å². The zero-order chi connectivity index (χ0) is 10.7. The van der Waals surface area contributed by atoms with Crippen LogP contribution in [0.15, 0.2) is 12.7 Å². The highest BCUT2D eigenvalue weighted by molar-refractivity contribution is 5.68. The monoisotopic (exact) mass is 190 g/mol. The van der Waals surface area contributed by atoms with Crippen LogP contribution in [0.3, 0.4) is 0 Å². The topological polar surface area (TPSA) is 94.8 Å². The summed E-state index contributed by atoms with van der Waals surface area (Å²) in [5, 5.41) is 23.8. The van der Waals surface area contributed by atoms with E-state index in [1.165, 1.54) is 6.08 Å². The average molecular weight is 190 g/mol. The summed E-state index contributed by atoms with van der Waals surface area (Å²) in [6, 6.07) is 0. The Kier molecular flexibility index (Phi) is 11.6. The van der Waals surface area contributed by atoms with Gasteiger partial charge in [0, 0.05) is 13.0 Å². The fraction of sp³-hybridized carbons (Fsp3) is 0.500. The van der Waals surface area contributed by atoms with E-state index in [-0.39, 0.29) is 19.4 Å². The lowest BCUT2D eigenvalue weighted by molar-refractivity contribution is -0.137. The molecule has 0 atom stereocenters. The fourth-order valence-electron chi connectivity index (χ4n) is 0.354. The van der Waals surface area contributed by atoms with Gasteiger partial charge in [0.25, 0.3) is 0 Å². The number of hydrogen-bond acceptors (Lipinski definition) is 3. The normalized spacial score (nSPS) is 8.08. The minimum Gasteiger partial charge on any atom is -0.481 e. The summed E-state index contributed by atoms with van der Waals surface area (Å²) < 4.78 is 0. The third kappa shape index (κ3) is 25.0. The minimum absolute atomic E-state index is 0.0354. The van der Waals surface area contributed by atoms with Crippen LogP contribution in [0.2, 0.25) is 0 Å². The van der Waals surface area contributed by atoms with Crippen molar-refractivity contribution in [1.82, 2.24) is 0 Å². The second kappa shape index (κ2) is 10.6. The zero-order valence-electron chi connectivity index (χ0n) is 7.27. The molecule has 0 aliphatic heterocycles. The minimum atomic E-state index is -0.853. The highest BCUT2D eigenvalue weighted by atomic mass is 16.4. The quantitative estimate of drug-likeness (QED) is 0.548. The van der Waals surface area contributed by atoms with Crippen LogP contribution in [0.5, 0.6) is 0 Å². The van der Waals surface area contributed by atoms with E-state index in [2.05, 4.69) is 6.58 Å². The molecule has 0 spiro atoms. The summed E-state index contributed by atoms with van der Waals surface area (Å²) in [6.07, 6.45) is 1.83. The predicted molar refractivity (Wildman–Crippen MR) is 46.4 cm³/mol. The van der Waals surface area contributed by atoms with Gasteiger partial charge in [0.2, 0.25) is 0 Å². The van der Waals surface area contributed by atoms with Gasteiger partial charge in [-0.3, -0.25) is 9.59 Å². The Morgan fingerprint density at radius 1 is 1.23 bits per heavy atom. The van der Waals surface area contributed by atoms with E-state index < -0.39 is 11.9 Å². The van der Waals surface area contributed by atoms with Gasteiger partial charge in [-0.1, -0.05) is 6.08 Å². The lowest BCUT2D eigenvalue weighted by Crippen LogP contribution is -1.95. The highest BCUT2D eigenvalue weighted by Crippen LogP contribution is 1.83. The molecule has 0 amide bonds. The maximum atomic E-state index is 9.65. The molecule has 0 radical (unpaired) electrons. The molecule has 76 valence electrons. The SMILES string of the molecule is C=CCC(=O)O.O=C(O)CCCO. The first kappa shape index (κ1) is 14.2. The van der Waals surface area contributed by atoms with E-state index in [9.17, 15) is 9.59 Å². The van der Waals surface area contributed by atoms with E-state index in [4.69, 9.17) is 15.3 Å². The van der Waals surface area contributed by atoms with Crippen LogP contribution >= 0.6 is 0 Å². The van der Waals surface area contributed by atoms with Crippen molar-refractivity contribution in [1.29, 1.82) is 0 Å². The molecule has 0 aliphatic rings. The third-order valence-electron chi connectivity index (χ3n) is 0.868. The van der Waals surface area contributed by atoms with Gasteiger partial charge in [-0.2, -0.15) is 0 Å². The summed E-state index contributed by atoms with van der Waals surface area (Å²) in [6.45, 7) is 3.18. The molecule has 0 heterocycles. The van der Waals surface area contributed by atoms with Crippen molar-refractivity contribution in [3.8, 4) is 0 Å². The largest absolute Gasteiger partial charge is 0.481 e. The van der Waals surface area contributed by atoms with Gasteiger partial charge in [0.1, 0.15) is 0 Å². The summed E-state index contributed by atoms with van der Waals surface area (Å²) in [5.41, 5.74) is 0. The molecule has 0 aromatic rings. The first-order chi connectivity index (χ1) is 6.04. The Morgan fingerprint density at radius 3 is 1.85 bits per heavy atom. The first-order valence-corrected chi connectivity index (χ1v) is 3.70. The number of hydrogen-bond donors (Lipinski definition) is 3. The van der Waals surface area contributed by atoms with Gasteiger partial charge in [-0.05, 0) is 6.42 Å². The molecular formula is C8H14O5. The smallest absolute Gasteiger partial charge is 0.307 e. The van der Waals surface area contributed by atoms with Crippen molar-refractivity contribution < 1.29 is 24.9 Å². The number of aliphatic hydroxyl groups excluding tert-OH is 1. The second-order valence-electron chi connectivity index (χ2n) is 2.11. The van der Waals surface area contributed by atoms with Gasteiger partial charge in [0.15, 0.2) is 0 Å². The van der Waals surface area contributed by atoms with Crippen molar-refractivity contribution in [3.63, 3.8) is 0 Å². The zero-order valence-corrected chi connectivity index (χ0v) is 7.27. The number of aliphatic hydroxyl groups is 1. The summed E-state index contributed by atoms with van der Waals surface area (Å²) in [4.78, 5) is 19.2. The molecule has 0 fully saturated rings. The second-order valence-corrected chi connectivity index (χ2v) is 2.11. The molecule has 5 heteroatoms. The molecule has 0 bridgehead atoms. The van der Waals surface area contributed by atoms with Crippen LogP contribution in [0.1, 0.15) is 19.3 Å². The lowest BCUT2D eigenvalue weighted by atomic mass is 10.3. The molecule has 0 saturated carbocycles. The molecule has 0 aromatic heterocycles. The Hall–Kier alpha value is -1.36. The molecule has 0 rings (SSSR count). The molecule has 13 heavy (non-hydrogen) atoms. The van der Waals surface area contributed by atoms with E-state index >= 15 is 0 Å². The van der Waals surface area contributed by atoms with Gasteiger partial charge in [-0.15, -0.1) is 6.58 Å². The van der Waals surface area contributed by atoms with E-state index in [1.54, 1.807) is 0 Å². The van der Waals surface area contributed by atoms with Crippen LogP contribution in [0.4, 0.5) is 0 Å². The highest BCUT2D eigenvalue weighted by Gasteiger charge is 1.91. The molecule has 0 saturated heterocycles. The van der Waals surface area contributed by atoms with Crippen molar-refractivity contribution in [2.45, 2.75) is 19.3 Å². The van der Waals surface area contributed by atoms with Crippen molar-refractivity contribution in [3.05, 3.63) is 12.7 Å². The Bertz CT molecular complexity index is 164. The van der Waals surface area contributed by atoms with Gasteiger partial charge < -0.3 is 15.3 Å². The van der Waals surface area contributed by atoms with E-state index in [0.29, 0.717) is 6.42 Å². The molecule has 0 aromatic carbocycles. The van der Waals surface area contributed by atoms with Crippen LogP contribution in [0, 0.1) is 0 Å². The predicted octanol–water partition coefficient (Wildman–Crippen LogP) is 0.491. The average Bonchev–Trinajstić information content (AvgIpc) is 2.01. The number of aliphatic carboxylic acids is 2. The van der Waals surface area contributed by atoms with E-state index in [0.717, 1.165) is 0 Å². The molecule has 5 nitrogen and oxygen atoms in total. The van der Waals surface area contributed by atoms with Crippen LogP contribution in [0.25, 0.3) is 0 Å². The van der Waals surface area contributed by atoms with Crippen molar-refractivity contribution in [2.75, 3.05) is 6.61 Å². The summed E-state index contributed by atoms with van der Waals surface area (Å²) in [7, 11) is 0. The van der Waals surface area contributed by atoms with Crippen molar-refractivity contribution >= 4 is 11.9 Å². The maximum Gasteiger partial charge on any atom is 0.307 e. The summed E-state index contributed by atoms with van der Waals surface area (Å²) in [5.74, 6) is -1.68. The molecule has 3 N–H and O–H groups in total. The van der Waals surface area contributed by atoms with Crippen molar-refractivity contribution in [2.24, 2.45) is 0 Å².